The number of alkyl halides is 3. The van der Waals surface area contributed by atoms with Crippen LogP contribution in [0, 0.1) is 13.8 Å². The second-order valence-corrected chi connectivity index (χ2v) is 12.2. The van der Waals surface area contributed by atoms with Gasteiger partial charge in [0, 0.05) is 13.1 Å². The second kappa shape index (κ2) is 13.6. The Bertz CT molecular complexity index is 1530. The molecule has 0 spiro atoms. The molecule has 0 aliphatic carbocycles. The van der Waals surface area contributed by atoms with E-state index in [-0.39, 0.29) is 11.4 Å². The number of anilines is 1. The fraction of sp³-hybridized carbons (Fsp3) is 0.333. The summed E-state index contributed by atoms with van der Waals surface area (Å²) >= 11 is 5.81. The molecule has 0 radical (unpaired) electrons. The van der Waals surface area contributed by atoms with Crippen molar-refractivity contribution < 1.29 is 31.2 Å². The average molecular weight is 624 g/mol. The minimum Gasteiger partial charge on any atom is -0.354 e. The molecule has 1 atom stereocenters. The van der Waals surface area contributed by atoms with Gasteiger partial charge in [0.25, 0.3) is 10.0 Å². The number of nitrogens with zero attached hydrogens (tertiary/aromatic N) is 2. The van der Waals surface area contributed by atoms with Crippen molar-refractivity contribution in [3.8, 4) is 0 Å². The molecule has 0 unspecified atom stereocenters. The molecule has 3 aromatic carbocycles. The van der Waals surface area contributed by atoms with Crippen LogP contribution in [0.3, 0.4) is 0 Å². The molecule has 0 saturated heterocycles. The van der Waals surface area contributed by atoms with Crippen LogP contribution in [0.15, 0.2) is 71.6 Å². The Labute approximate surface area is 249 Å². The third-order valence-electron chi connectivity index (χ3n) is 6.75. The first-order valence-electron chi connectivity index (χ1n) is 13.2. The minimum absolute atomic E-state index is 0.0287. The number of benzene rings is 3. The number of aryl methyl sites for hydroxylation is 2. The lowest BCUT2D eigenvalue weighted by atomic mass is 10.1. The molecule has 0 fully saturated rings. The predicted molar refractivity (Wildman–Crippen MR) is 157 cm³/mol. The average Bonchev–Trinajstić information content (AvgIpc) is 2.93. The molecule has 0 aliphatic heterocycles. The quantitative estimate of drug-likeness (QED) is 0.279. The SMILES string of the molecule is CCCNC(=O)[C@@H](C)N(Cc1ccccc1C)C(=O)CN(c1ccc(Cl)c(C(F)(F)F)c1)S(=O)(=O)c1ccc(C)cc1. The van der Waals surface area contributed by atoms with E-state index in [2.05, 4.69) is 5.32 Å². The van der Waals surface area contributed by atoms with Crippen molar-refractivity contribution in [1.82, 2.24) is 10.2 Å². The van der Waals surface area contributed by atoms with E-state index < -0.39 is 56.9 Å². The number of sulfonamides is 1. The molecular weight excluding hydrogens is 591 g/mol. The summed E-state index contributed by atoms with van der Waals surface area (Å²) in [5, 5.41) is 2.12. The van der Waals surface area contributed by atoms with Gasteiger partial charge in [-0.05, 0) is 68.7 Å². The maximum atomic E-state index is 13.9. The van der Waals surface area contributed by atoms with E-state index in [1.54, 1.807) is 31.2 Å². The molecule has 3 aromatic rings. The monoisotopic (exact) mass is 623 g/mol. The summed E-state index contributed by atoms with van der Waals surface area (Å²) < 4.78 is 69.6. The molecule has 0 aliphatic rings. The Hall–Kier alpha value is -3.57. The highest BCUT2D eigenvalue weighted by atomic mass is 35.5. The Balaban J connectivity index is 2.12. The number of hydrogen-bond acceptors (Lipinski definition) is 4. The third kappa shape index (κ3) is 7.83. The zero-order chi connectivity index (χ0) is 31.2. The molecule has 1 N–H and O–H groups in total. The van der Waals surface area contributed by atoms with Gasteiger partial charge in [-0.25, -0.2) is 8.42 Å². The first-order valence-corrected chi connectivity index (χ1v) is 15.1. The molecule has 0 heterocycles. The second-order valence-electron chi connectivity index (χ2n) is 9.90. The summed E-state index contributed by atoms with van der Waals surface area (Å²) in [6.07, 6.45) is -4.22. The molecule has 0 bridgehead atoms. The van der Waals surface area contributed by atoms with Crippen LogP contribution in [-0.4, -0.2) is 44.3 Å². The summed E-state index contributed by atoms with van der Waals surface area (Å²) in [6.45, 7) is 6.45. The predicted octanol–water partition coefficient (Wildman–Crippen LogP) is 6.11. The fourth-order valence-corrected chi connectivity index (χ4v) is 5.83. The standard InChI is InChI=1S/C30H33ClF3N3O4S/c1-5-16-35-29(39)22(4)36(18-23-9-7-6-8-21(23)3)28(38)19-37(42(40,41)25-13-10-20(2)11-14-25)24-12-15-27(31)26(17-24)30(32,33)34/h6-15,17,22H,5,16,18-19H2,1-4H3,(H,35,39)/t22-/m1/s1. The van der Waals surface area contributed by atoms with Crippen LogP contribution >= 0.6 is 11.6 Å². The lowest BCUT2D eigenvalue weighted by Gasteiger charge is -2.32. The van der Waals surface area contributed by atoms with Crippen LogP contribution in [0.2, 0.25) is 5.02 Å². The highest BCUT2D eigenvalue weighted by Crippen LogP contribution is 2.38. The zero-order valence-electron chi connectivity index (χ0n) is 23.7. The van der Waals surface area contributed by atoms with Gasteiger partial charge in [-0.3, -0.25) is 13.9 Å². The molecular formula is C30H33ClF3N3O4S. The lowest BCUT2D eigenvalue weighted by Crippen LogP contribution is -2.51. The summed E-state index contributed by atoms with van der Waals surface area (Å²) in [4.78, 5) is 27.9. The van der Waals surface area contributed by atoms with Crippen LogP contribution in [0.1, 0.15) is 42.5 Å². The summed E-state index contributed by atoms with van der Waals surface area (Å²) in [6, 6.07) is 14.6. The van der Waals surface area contributed by atoms with Gasteiger partial charge in [0.05, 0.1) is 21.2 Å². The number of hydrogen-bond donors (Lipinski definition) is 1. The first-order chi connectivity index (χ1) is 19.7. The maximum Gasteiger partial charge on any atom is 0.417 e. The summed E-state index contributed by atoms with van der Waals surface area (Å²) in [5.74, 6) is -1.23. The van der Waals surface area contributed by atoms with Crippen molar-refractivity contribution in [1.29, 1.82) is 0 Å². The maximum absolute atomic E-state index is 13.9. The number of rotatable bonds is 11. The van der Waals surface area contributed by atoms with Crippen LogP contribution in [0.25, 0.3) is 0 Å². The van der Waals surface area contributed by atoms with Gasteiger partial charge in [-0.15, -0.1) is 0 Å². The van der Waals surface area contributed by atoms with Crippen LogP contribution in [-0.2, 0) is 32.3 Å². The molecule has 0 aromatic heterocycles. The Morgan fingerprint density at radius 2 is 1.64 bits per heavy atom. The lowest BCUT2D eigenvalue weighted by molar-refractivity contribution is -0.139. The molecule has 3 rings (SSSR count). The summed E-state index contributed by atoms with van der Waals surface area (Å²) in [5.41, 5.74) is 0.675. The van der Waals surface area contributed by atoms with E-state index in [1.165, 1.54) is 24.0 Å². The number of halogens is 4. The molecule has 226 valence electrons. The van der Waals surface area contributed by atoms with Crippen molar-refractivity contribution in [3.05, 3.63) is 94.0 Å². The van der Waals surface area contributed by atoms with Crippen molar-refractivity contribution in [2.45, 2.75) is 57.8 Å². The van der Waals surface area contributed by atoms with E-state index in [9.17, 15) is 31.2 Å². The molecule has 42 heavy (non-hydrogen) atoms. The van der Waals surface area contributed by atoms with Crippen molar-refractivity contribution >= 4 is 39.1 Å². The Morgan fingerprint density at radius 1 is 1.00 bits per heavy atom. The summed E-state index contributed by atoms with van der Waals surface area (Å²) in [7, 11) is -4.54. The highest BCUT2D eigenvalue weighted by Gasteiger charge is 2.37. The smallest absolute Gasteiger partial charge is 0.354 e. The van der Waals surface area contributed by atoms with Gasteiger partial charge in [-0.2, -0.15) is 13.2 Å². The largest absolute Gasteiger partial charge is 0.417 e. The fourth-order valence-electron chi connectivity index (χ4n) is 4.20. The number of amides is 2. The Morgan fingerprint density at radius 3 is 2.24 bits per heavy atom. The van der Waals surface area contributed by atoms with Gasteiger partial charge in [0.1, 0.15) is 12.6 Å². The van der Waals surface area contributed by atoms with Crippen molar-refractivity contribution in [2.75, 3.05) is 17.4 Å². The molecule has 7 nitrogen and oxygen atoms in total. The van der Waals surface area contributed by atoms with Gasteiger partial charge in [0.2, 0.25) is 11.8 Å². The third-order valence-corrected chi connectivity index (χ3v) is 8.87. The first kappa shape index (κ1) is 32.9. The number of nitrogens with one attached hydrogen (secondary N) is 1. The zero-order valence-corrected chi connectivity index (χ0v) is 25.3. The van der Waals surface area contributed by atoms with Gasteiger partial charge >= 0.3 is 6.18 Å². The minimum atomic E-state index is -4.88. The van der Waals surface area contributed by atoms with Gasteiger partial charge < -0.3 is 10.2 Å². The van der Waals surface area contributed by atoms with Crippen LogP contribution < -0.4 is 9.62 Å². The number of carbonyl (C=O) groups excluding carboxylic acids is 2. The van der Waals surface area contributed by atoms with Crippen LogP contribution in [0.5, 0.6) is 0 Å². The molecule has 2 amide bonds. The topological polar surface area (TPSA) is 86.8 Å². The van der Waals surface area contributed by atoms with Gasteiger partial charge in [0.15, 0.2) is 0 Å². The van der Waals surface area contributed by atoms with E-state index in [4.69, 9.17) is 11.6 Å². The molecule has 0 saturated carbocycles. The normalized spacial score (nSPS) is 12.5. The number of carbonyl (C=O) groups is 2. The Kier molecular flexibility index (Phi) is 10.7. The van der Waals surface area contributed by atoms with E-state index in [0.717, 1.165) is 28.8 Å². The highest BCUT2D eigenvalue weighted by molar-refractivity contribution is 7.92. The van der Waals surface area contributed by atoms with Gasteiger partial charge in [-0.1, -0.05) is 60.5 Å². The van der Waals surface area contributed by atoms with E-state index >= 15 is 0 Å². The van der Waals surface area contributed by atoms with Crippen molar-refractivity contribution in [3.63, 3.8) is 0 Å². The van der Waals surface area contributed by atoms with E-state index in [1.807, 2.05) is 26.0 Å². The van der Waals surface area contributed by atoms with E-state index in [0.29, 0.717) is 23.3 Å². The molecule has 12 heteroatoms. The van der Waals surface area contributed by atoms with Crippen molar-refractivity contribution in [2.24, 2.45) is 0 Å². The van der Waals surface area contributed by atoms with Crippen LogP contribution in [0.4, 0.5) is 18.9 Å².